The highest BCUT2D eigenvalue weighted by atomic mass is 16.3. The molecule has 1 aliphatic rings. The van der Waals surface area contributed by atoms with Gasteiger partial charge >= 0.3 is 5.69 Å². The van der Waals surface area contributed by atoms with Crippen LogP contribution in [0.15, 0.2) is 16.9 Å². The predicted octanol–water partition coefficient (Wildman–Crippen LogP) is 2.39. The number of pyridine rings is 1. The van der Waals surface area contributed by atoms with Gasteiger partial charge in [0.2, 0.25) is 0 Å². The molecule has 2 aromatic rings. The second kappa shape index (κ2) is 6.16. The molecular weight excluding hydrogens is 278 g/mol. The molecule has 1 fully saturated rings. The molecule has 5 nitrogen and oxygen atoms in total. The van der Waals surface area contributed by atoms with Gasteiger partial charge in [0.15, 0.2) is 0 Å². The van der Waals surface area contributed by atoms with Crippen LogP contribution in [0.5, 0.6) is 0 Å². The molecule has 2 unspecified atom stereocenters. The van der Waals surface area contributed by atoms with Crippen molar-refractivity contribution in [1.29, 1.82) is 0 Å². The predicted molar refractivity (Wildman–Crippen MR) is 86.1 cm³/mol. The van der Waals surface area contributed by atoms with Crippen LogP contribution in [0.2, 0.25) is 0 Å². The van der Waals surface area contributed by atoms with Crippen LogP contribution in [-0.4, -0.2) is 25.7 Å². The molecular formula is C17H23N3O2. The molecule has 0 amide bonds. The molecule has 0 saturated heterocycles. The molecule has 0 spiro atoms. The summed E-state index contributed by atoms with van der Waals surface area (Å²) in [6.45, 7) is 4.56. The van der Waals surface area contributed by atoms with Crippen molar-refractivity contribution >= 4 is 11.0 Å². The number of fused-ring (bicyclic) bond motifs is 1. The van der Waals surface area contributed by atoms with Gasteiger partial charge in [0.25, 0.3) is 0 Å². The van der Waals surface area contributed by atoms with Crippen LogP contribution < -0.4 is 5.69 Å². The zero-order valence-electron chi connectivity index (χ0n) is 13.2. The van der Waals surface area contributed by atoms with E-state index in [-0.39, 0.29) is 17.7 Å². The molecule has 118 valence electrons. The summed E-state index contributed by atoms with van der Waals surface area (Å²) in [7, 11) is 0. The summed E-state index contributed by atoms with van der Waals surface area (Å²) < 4.78 is 1.64. The Kier molecular flexibility index (Phi) is 4.25. The summed E-state index contributed by atoms with van der Waals surface area (Å²) in [5, 5.41) is 10.9. The van der Waals surface area contributed by atoms with Crippen LogP contribution in [-0.2, 0) is 13.0 Å². The maximum atomic E-state index is 12.4. The average molecular weight is 301 g/mol. The fourth-order valence-electron chi connectivity index (χ4n) is 3.41. The van der Waals surface area contributed by atoms with Crippen molar-refractivity contribution in [2.45, 2.75) is 64.5 Å². The first-order chi connectivity index (χ1) is 10.6. The lowest BCUT2D eigenvalue weighted by molar-refractivity contribution is 0.119. The third kappa shape index (κ3) is 2.65. The van der Waals surface area contributed by atoms with Gasteiger partial charge in [-0.3, -0.25) is 4.57 Å². The van der Waals surface area contributed by atoms with E-state index in [1.54, 1.807) is 4.57 Å². The Bertz CT molecular complexity index is 738. The molecule has 0 radical (unpaired) electrons. The van der Waals surface area contributed by atoms with E-state index in [0.717, 1.165) is 48.1 Å². The van der Waals surface area contributed by atoms with Crippen molar-refractivity contribution in [1.82, 2.24) is 14.5 Å². The molecule has 1 aliphatic carbocycles. The minimum Gasteiger partial charge on any atom is -0.393 e. The molecule has 1 saturated carbocycles. The van der Waals surface area contributed by atoms with E-state index in [4.69, 9.17) is 0 Å². The van der Waals surface area contributed by atoms with Crippen LogP contribution in [0.1, 0.15) is 56.8 Å². The Morgan fingerprint density at radius 1 is 1.27 bits per heavy atom. The van der Waals surface area contributed by atoms with Gasteiger partial charge in [-0.05, 0) is 44.7 Å². The zero-order chi connectivity index (χ0) is 15.7. The highest BCUT2D eigenvalue weighted by Gasteiger charge is 2.25. The highest BCUT2D eigenvalue weighted by Crippen LogP contribution is 2.34. The first kappa shape index (κ1) is 15.2. The number of hydrogen-bond donors (Lipinski definition) is 1. The van der Waals surface area contributed by atoms with Gasteiger partial charge in [-0.25, -0.2) is 9.78 Å². The number of aliphatic hydroxyl groups excluding tert-OH is 1. The van der Waals surface area contributed by atoms with Gasteiger partial charge in [0, 0.05) is 23.5 Å². The summed E-state index contributed by atoms with van der Waals surface area (Å²) in [6, 6.07) is 4.05. The lowest BCUT2D eigenvalue weighted by Gasteiger charge is -2.26. The third-order valence-electron chi connectivity index (χ3n) is 4.62. The molecule has 0 aromatic carbocycles. The smallest absolute Gasteiger partial charge is 0.349 e. The maximum absolute atomic E-state index is 12.4. The Balaban J connectivity index is 2.20. The van der Waals surface area contributed by atoms with E-state index in [1.807, 2.05) is 19.1 Å². The molecule has 3 rings (SSSR count). The van der Waals surface area contributed by atoms with Gasteiger partial charge in [-0.2, -0.15) is 4.98 Å². The van der Waals surface area contributed by atoms with E-state index in [1.165, 1.54) is 0 Å². The minimum atomic E-state index is -0.285. The molecule has 2 heterocycles. The number of aryl methyl sites for hydroxylation is 2. The summed E-state index contributed by atoms with van der Waals surface area (Å²) in [5.74, 6) is 0.153. The highest BCUT2D eigenvalue weighted by molar-refractivity contribution is 5.78. The van der Waals surface area contributed by atoms with Crippen LogP contribution >= 0.6 is 0 Å². The Morgan fingerprint density at radius 3 is 2.77 bits per heavy atom. The summed E-state index contributed by atoms with van der Waals surface area (Å²) >= 11 is 0. The van der Waals surface area contributed by atoms with Crippen molar-refractivity contribution in [3.8, 4) is 0 Å². The van der Waals surface area contributed by atoms with Gasteiger partial charge < -0.3 is 5.11 Å². The van der Waals surface area contributed by atoms with E-state index in [0.29, 0.717) is 13.0 Å². The van der Waals surface area contributed by atoms with Gasteiger partial charge in [-0.15, -0.1) is 0 Å². The zero-order valence-corrected chi connectivity index (χ0v) is 13.2. The summed E-state index contributed by atoms with van der Waals surface area (Å²) in [4.78, 5) is 21.4. The molecule has 0 bridgehead atoms. The third-order valence-corrected chi connectivity index (χ3v) is 4.62. The minimum absolute atomic E-state index is 0.153. The monoisotopic (exact) mass is 301 g/mol. The second-order valence-electron chi connectivity index (χ2n) is 6.07. The number of hydrogen-bond acceptors (Lipinski definition) is 4. The summed E-state index contributed by atoms with van der Waals surface area (Å²) in [5.41, 5.74) is 2.30. The van der Waals surface area contributed by atoms with Crippen molar-refractivity contribution in [2.75, 3.05) is 0 Å². The first-order valence-corrected chi connectivity index (χ1v) is 8.22. The van der Waals surface area contributed by atoms with Crippen molar-refractivity contribution in [3.05, 3.63) is 34.0 Å². The maximum Gasteiger partial charge on any atom is 0.349 e. The quantitative estimate of drug-likeness (QED) is 0.945. The SMILES string of the molecule is CCc1ccc2c(C3CCCC(O)C3)nc(=O)n(CC)c2n1. The molecule has 2 aromatic heterocycles. The van der Waals surface area contributed by atoms with Crippen LogP contribution in [0.25, 0.3) is 11.0 Å². The van der Waals surface area contributed by atoms with Gasteiger partial charge in [0.05, 0.1) is 11.8 Å². The van der Waals surface area contributed by atoms with E-state index in [2.05, 4.69) is 16.9 Å². The molecule has 5 heteroatoms. The largest absolute Gasteiger partial charge is 0.393 e. The van der Waals surface area contributed by atoms with Crippen molar-refractivity contribution in [3.63, 3.8) is 0 Å². The Hall–Kier alpha value is -1.75. The fourth-order valence-corrected chi connectivity index (χ4v) is 3.41. The number of nitrogens with zero attached hydrogens (tertiary/aromatic N) is 3. The van der Waals surface area contributed by atoms with Crippen LogP contribution in [0.4, 0.5) is 0 Å². The van der Waals surface area contributed by atoms with Gasteiger partial charge in [-0.1, -0.05) is 13.3 Å². The number of aromatic nitrogens is 3. The van der Waals surface area contributed by atoms with E-state index >= 15 is 0 Å². The Morgan fingerprint density at radius 2 is 2.09 bits per heavy atom. The molecule has 0 aliphatic heterocycles. The lowest BCUT2D eigenvalue weighted by Crippen LogP contribution is -2.28. The normalized spacial score (nSPS) is 22.1. The Labute approximate surface area is 130 Å². The molecule has 2 atom stereocenters. The number of rotatable bonds is 3. The van der Waals surface area contributed by atoms with Crippen LogP contribution in [0, 0.1) is 0 Å². The second-order valence-corrected chi connectivity index (χ2v) is 6.07. The lowest BCUT2D eigenvalue weighted by atomic mass is 9.84. The number of aliphatic hydroxyl groups is 1. The van der Waals surface area contributed by atoms with Crippen LogP contribution in [0.3, 0.4) is 0 Å². The standard InChI is InChI=1S/C17H23N3O2/c1-3-12-8-9-14-15(11-6-5-7-13(21)10-11)19-17(22)20(4-2)16(14)18-12/h8-9,11,13,21H,3-7,10H2,1-2H3. The topological polar surface area (TPSA) is 68.0 Å². The van der Waals surface area contributed by atoms with Gasteiger partial charge in [0.1, 0.15) is 5.65 Å². The molecule has 1 N–H and O–H groups in total. The first-order valence-electron chi connectivity index (χ1n) is 8.22. The van der Waals surface area contributed by atoms with E-state index < -0.39 is 0 Å². The average Bonchev–Trinajstić information content (AvgIpc) is 2.53. The summed E-state index contributed by atoms with van der Waals surface area (Å²) in [6.07, 6.45) is 4.04. The fraction of sp³-hybridized carbons (Fsp3) is 0.588. The van der Waals surface area contributed by atoms with E-state index in [9.17, 15) is 9.90 Å². The van der Waals surface area contributed by atoms with Crippen molar-refractivity contribution < 1.29 is 5.11 Å². The van der Waals surface area contributed by atoms with Crippen molar-refractivity contribution in [2.24, 2.45) is 0 Å². The molecule has 22 heavy (non-hydrogen) atoms.